The monoisotopic (exact) mass is 324 g/mol. The topological polar surface area (TPSA) is 0 Å². The van der Waals surface area contributed by atoms with Gasteiger partial charge in [-0.2, -0.15) is 0 Å². The molecule has 0 aliphatic rings. The first-order valence-corrected chi connectivity index (χ1v) is 11.4. The zero-order valence-corrected chi connectivity index (χ0v) is 14.6. The van der Waals surface area contributed by atoms with E-state index in [0.29, 0.717) is 0 Å². The molecule has 3 aromatic rings. The van der Waals surface area contributed by atoms with Crippen LogP contribution in [0, 0.1) is 0 Å². The van der Waals surface area contributed by atoms with E-state index in [1.807, 2.05) is 0 Å². The van der Waals surface area contributed by atoms with Gasteiger partial charge in [0.25, 0.3) is 0 Å². The SMILES string of the molecule is CCS[PH](c1ccccc1)(c1ccccc1)c1ccccc1. The van der Waals surface area contributed by atoms with E-state index in [1.165, 1.54) is 15.9 Å². The molecule has 0 aliphatic heterocycles. The van der Waals surface area contributed by atoms with E-state index >= 15 is 0 Å². The van der Waals surface area contributed by atoms with Crippen LogP contribution in [0.1, 0.15) is 6.92 Å². The number of benzene rings is 3. The van der Waals surface area contributed by atoms with Gasteiger partial charge in [0.15, 0.2) is 0 Å². The molecule has 0 unspecified atom stereocenters. The zero-order chi connectivity index (χ0) is 15.3. The van der Waals surface area contributed by atoms with Crippen molar-refractivity contribution >= 4 is 33.8 Å². The van der Waals surface area contributed by atoms with Gasteiger partial charge >= 0.3 is 137 Å². The fourth-order valence-corrected chi connectivity index (χ4v) is 10.9. The molecule has 0 atom stereocenters. The predicted octanol–water partition coefficient (Wildman–Crippen LogP) is 4.38. The molecule has 0 N–H and O–H groups in total. The molecule has 112 valence electrons. The van der Waals surface area contributed by atoms with Crippen LogP contribution in [0.25, 0.3) is 0 Å². The molecule has 0 bridgehead atoms. The van der Waals surface area contributed by atoms with E-state index in [2.05, 4.69) is 109 Å². The Morgan fingerprint density at radius 1 is 0.591 bits per heavy atom. The molecule has 0 aromatic heterocycles. The van der Waals surface area contributed by atoms with Gasteiger partial charge in [0, 0.05) is 0 Å². The van der Waals surface area contributed by atoms with Gasteiger partial charge in [-0.1, -0.05) is 0 Å². The average Bonchev–Trinajstić information content (AvgIpc) is 2.62. The molecule has 0 radical (unpaired) electrons. The summed E-state index contributed by atoms with van der Waals surface area (Å²) in [4.78, 5) is 0. The van der Waals surface area contributed by atoms with E-state index in [9.17, 15) is 0 Å². The molecule has 0 saturated carbocycles. The van der Waals surface area contributed by atoms with Gasteiger partial charge in [-0.3, -0.25) is 0 Å². The van der Waals surface area contributed by atoms with E-state index in [4.69, 9.17) is 0 Å². The van der Waals surface area contributed by atoms with Gasteiger partial charge in [-0.15, -0.1) is 0 Å². The zero-order valence-electron chi connectivity index (χ0n) is 12.8. The van der Waals surface area contributed by atoms with Crippen molar-refractivity contribution in [2.75, 3.05) is 5.75 Å². The molecule has 0 fully saturated rings. The van der Waals surface area contributed by atoms with E-state index in [1.54, 1.807) is 0 Å². The third kappa shape index (κ3) is 2.84. The Hall–Kier alpha value is -1.56. The second-order valence-electron chi connectivity index (χ2n) is 5.21. The fourth-order valence-electron chi connectivity index (χ4n) is 2.99. The van der Waals surface area contributed by atoms with Gasteiger partial charge in [-0.05, 0) is 0 Å². The van der Waals surface area contributed by atoms with Crippen LogP contribution in [0.15, 0.2) is 91.0 Å². The van der Waals surface area contributed by atoms with Crippen molar-refractivity contribution in [2.24, 2.45) is 0 Å². The molecule has 0 saturated heterocycles. The normalized spacial score (nSPS) is 12.0. The van der Waals surface area contributed by atoms with E-state index in [0.717, 1.165) is 5.75 Å². The summed E-state index contributed by atoms with van der Waals surface area (Å²) in [6.07, 6.45) is 0. The predicted molar refractivity (Wildman–Crippen MR) is 105 cm³/mol. The number of hydrogen-bond donors (Lipinski definition) is 0. The van der Waals surface area contributed by atoms with Crippen molar-refractivity contribution in [2.45, 2.75) is 6.92 Å². The summed E-state index contributed by atoms with van der Waals surface area (Å²) in [6, 6.07) is 33.1. The first-order valence-electron chi connectivity index (χ1n) is 7.68. The Labute approximate surface area is 137 Å². The first-order chi connectivity index (χ1) is 10.9. The van der Waals surface area contributed by atoms with Crippen LogP contribution in [0.4, 0.5) is 0 Å². The van der Waals surface area contributed by atoms with Gasteiger partial charge in [-0.25, -0.2) is 0 Å². The Balaban J connectivity index is 2.29. The van der Waals surface area contributed by atoms with Gasteiger partial charge < -0.3 is 0 Å². The third-order valence-corrected chi connectivity index (χ3v) is 12.3. The van der Waals surface area contributed by atoms with Crippen LogP contribution >= 0.6 is 17.8 Å². The summed E-state index contributed by atoms with van der Waals surface area (Å²) in [6.45, 7) is 0.258. The quantitative estimate of drug-likeness (QED) is 0.628. The van der Waals surface area contributed by atoms with Crippen molar-refractivity contribution in [3.63, 3.8) is 0 Å². The summed E-state index contributed by atoms with van der Waals surface area (Å²) in [5.74, 6) is 1.12. The summed E-state index contributed by atoms with van der Waals surface area (Å²) in [5.41, 5.74) is 0. The standard InChI is InChI=1S/C20H21PS/c1-2-22-21(18-12-6-3-7-13-18,19-14-8-4-9-15-19)20-16-10-5-11-17-20/h3-17,21H,2H2,1H3. The van der Waals surface area contributed by atoms with Crippen LogP contribution in [-0.2, 0) is 0 Å². The summed E-state index contributed by atoms with van der Waals surface area (Å²) in [5, 5.41) is 4.41. The average molecular weight is 324 g/mol. The first kappa shape index (κ1) is 15.3. The Morgan fingerprint density at radius 3 is 1.18 bits per heavy atom. The summed E-state index contributed by atoms with van der Waals surface area (Å²) < 4.78 is 0. The maximum atomic E-state index is 2.30. The second kappa shape index (κ2) is 7.13. The Bertz CT molecular complexity index is 599. The molecule has 0 spiro atoms. The number of hydrogen-bond acceptors (Lipinski definition) is 1. The van der Waals surface area contributed by atoms with Crippen LogP contribution in [0.3, 0.4) is 0 Å². The van der Waals surface area contributed by atoms with Gasteiger partial charge in [0.05, 0.1) is 0 Å². The van der Waals surface area contributed by atoms with Crippen molar-refractivity contribution in [1.82, 2.24) is 0 Å². The molecule has 0 nitrogen and oxygen atoms in total. The minimum atomic E-state index is -2.01. The van der Waals surface area contributed by atoms with Crippen molar-refractivity contribution in [3.05, 3.63) is 91.0 Å². The number of rotatable bonds is 5. The van der Waals surface area contributed by atoms with Gasteiger partial charge in [0.2, 0.25) is 0 Å². The molecule has 3 rings (SSSR count). The van der Waals surface area contributed by atoms with Crippen molar-refractivity contribution < 1.29 is 0 Å². The molecular formula is C20H21PS. The van der Waals surface area contributed by atoms with Crippen molar-refractivity contribution in [1.29, 1.82) is 0 Å². The fraction of sp³-hybridized carbons (Fsp3) is 0.100. The Kier molecular flexibility index (Phi) is 4.97. The van der Waals surface area contributed by atoms with E-state index in [-0.39, 0.29) is 0 Å². The van der Waals surface area contributed by atoms with E-state index < -0.39 is 6.46 Å². The molecule has 22 heavy (non-hydrogen) atoms. The molecule has 3 aromatic carbocycles. The van der Waals surface area contributed by atoms with Gasteiger partial charge in [0.1, 0.15) is 0 Å². The molecule has 2 heteroatoms. The third-order valence-electron chi connectivity index (χ3n) is 3.90. The Morgan fingerprint density at radius 2 is 0.909 bits per heavy atom. The molecular weight excluding hydrogens is 303 g/mol. The van der Waals surface area contributed by atoms with Crippen LogP contribution in [0.2, 0.25) is 0 Å². The summed E-state index contributed by atoms with van der Waals surface area (Å²) in [7, 11) is 0. The van der Waals surface area contributed by atoms with Crippen LogP contribution in [0.5, 0.6) is 0 Å². The van der Waals surface area contributed by atoms with Crippen LogP contribution in [-0.4, -0.2) is 5.75 Å². The van der Waals surface area contributed by atoms with Crippen LogP contribution < -0.4 is 15.9 Å². The molecule has 0 amide bonds. The second-order valence-corrected chi connectivity index (χ2v) is 11.9. The maximum absolute atomic E-state index is 2.30. The minimum absolute atomic E-state index is 1.12. The molecule has 0 aliphatic carbocycles. The molecule has 0 heterocycles. The summed E-state index contributed by atoms with van der Waals surface area (Å²) >= 11 is 2.12. The van der Waals surface area contributed by atoms with Crippen molar-refractivity contribution in [3.8, 4) is 0 Å².